The van der Waals surface area contributed by atoms with E-state index in [0.29, 0.717) is 19.7 Å². The first-order valence-corrected chi connectivity index (χ1v) is 11.4. The van der Waals surface area contributed by atoms with Crippen molar-refractivity contribution < 1.29 is 17.9 Å². The van der Waals surface area contributed by atoms with Gasteiger partial charge in [0, 0.05) is 45.9 Å². The lowest BCUT2D eigenvalue weighted by molar-refractivity contribution is -0.133. The second kappa shape index (κ2) is 9.14. The van der Waals surface area contributed by atoms with Gasteiger partial charge in [-0.15, -0.1) is 0 Å². The van der Waals surface area contributed by atoms with Gasteiger partial charge in [-0.25, -0.2) is 8.42 Å². The fraction of sp³-hybridized carbons (Fsp3) is 0.632. The Balaban J connectivity index is 1.50. The number of sulfonamides is 1. The predicted octanol–water partition coefficient (Wildman–Crippen LogP) is 0.771. The summed E-state index contributed by atoms with van der Waals surface area (Å²) in [5.74, 6) is -0.127. The van der Waals surface area contributed by atoms with Gasteiger partial charge in [0.2, 0.25) is 15.9 Å². The Morgan fingerprint density at radius 2 is 1.89 bits per heavy atom. The Morgan fingerprint density at radius 1 is 1.19 bits per heavy atom. The van der Waals surface area contributed by atoms with Crippen molar-refractivity contribution in [1.82, 2.24) is 14.1 Å². The summed E-state index contributed by atoms with van der Waals surface area (Å²) in [6.45, 7) is 4.55. The topological polar surface area (TPSA) is 70.2 Å². The zero-order chi connectivity index (χ0) is 19.3. The molecule has 1 amide bonds. The second-order valence-corrected chi connectivity index (χ2v) is 9.32. The van der Waals surface area contributed by atoms with E-state index in [4.69, 9.17) is 4.74 Å². The lowest BCUT2D eigenvalue weighted by atomic mass is 10.2. The van der Waals surface area contributed by atoms with E-state index in [2.05, 4.69) is 17.0 Å². The Bertz CT molecular complexity index is 712. The summed E-state index contributed by atoms with van der Waals surface area (Å²) in [7, 11) is -3.44. The van der Waals surface area contributed by atoms with Crippen LogP contribution in [0.3, 0.4) is 0 Å². The van der Waals surface area contributed by atoms with Crippen molar-refractivity contribution in [2.75, 3.05) is 52.1 Å². The minimum Gasteiger partial charge on any atom is -0.377 e. The van der Waals surface area contributed by atoms with Gasteiger partial charge in [0.05, 0.1) is 18.9 Å². The van der Waals surface area contributed by atoms with E-state index in [9.17, 15) is 13.2 Å². The molecule has 2 aliphatic heterocycles. The number of piperazine rings is 1. The number of nitrogens with zero attached hydrogens (tertiary/aromatic N) is 3. The molecule has 150 valence electrons. The largest absolute Gasteiger partial charge is 0.377 e. The molecule has 2 saturated heterocycles. The Kier molecular flexibility index (Phi) is 6.86. The molecule has 0 N–H and O–H groups in total. The van der Waals surface area contributed by atoms with Gasteiger partial charge in [0.1, 0.15) is 0 Å². The van der Waals surface area contributed by atoms with Crippen LogP contribution in [0.5, 0.6) is 0 Å². The lowest BCUT2D eigenvalue weighted by Gasteiger charge is -2.35. The highest BCUT2D eigenvalue weighted by atomic mass is 32.2. The number of hydrogen-bond donors (Lipinski definition) is 0. The fourth-order valence-corrected chi connectivity index (χ4v) is 4.36. The van der Waals surface area contributed by atoms with Gasteiger partial charge in [-0.3, -0.25) is 9.69 Å². The van der Waals surface area contributed by atoms with E-state index in [-0.39, 0.29) is 25.1 Å². The van der Waals surface area contributed by atoms with Gasteiger partial charge in [-0.1, -0.05) is 30.3 Å². The molecular weight excluding hydrogens is 366 g/mol. The van der Waals surface area contributed by atoms with Gasteiger partial charge >= 0.3 is 0 Å². The van der Waals surface area contributed by atoms with Crippen LogP contribution in [0.4, 0.5) is 0 Å². The van der Waals surface area contributed by atoms with E-state index in [0.717, 1.165) is 38.7 Å². The first kappa shape index (κ1) is 20.3. The minimum atomic E-state index is -3.44. The summed E-state index contributed by atoms with van der Waals surface area (Å²) in [6.07, 6.45) is 2.85. The van der Waals surface area contributed by atoms with Gasteiger partial charge in [0.15, 0.2) is 0 Å². The summed E-state index contributed by atoms with van der Waals surface area (Å²) in [5, 5.41) is 0. The van der Waals surface area contributed by atoms with Crippen LogP contribution in [0.1, 0.15) is 18.4 Å². The standard InChI is InChI=1S/C19H29N3O4S/c1-27(24,25)22(15-18-8-5-13-26-18)16-19(23)21-11-9-20(10-12-21)14-17-6-3-2-4-7-17/h2-4,6-7,18H,5,8-16H2,1H3. The van der Waals surface area contributed by atoms with E-state index < -0.39 is 10.0 Å². The molecule has 0 spiro atoms. The molecule has 2 fully saturated rings. The van der Waals surface area contributed by atoms with Crippen LogP contribution in [0.2, 0.25) is 0 Å². The van der Waals surface area contributed by atoms with Crippen molar-refractivity contribution in [3.63, 3.8) is 0 Å². The third-order valence-corrected chi connectivity index (χ3v) is 6.40. The Labute approximate surface area is 161 Å². The average Bonchev–Trinajstić information content (AvgIpc) is 3.15. The predicted molar refractivity (Wildman–Crippen MR) is 104 cm³/mol. The summed E-state index contributed by atoms with van der Waals surface area (Å²) in [4.78, 5) is 16.7. The van der Waals surface area contributed by atoms with Gasteiger partial charge in [-0.2, -0.15) is 4.31 Å². The molecular formula is C19H29N3O4S. The van der Waals surface area contributed by atoms with Crippen molar-refractivity contribution in [2.45, 2.75) is 25.5 Å². The van der Waals surface area contributed by atoms with E-state index in [1.54, 1.807) is 4.90 Å². The second-order valence-electron chi connectivity index (χ2n) is 7.33. The molecule has 2 aliphatic rings. The number of carbonyl (C=O) groups is 1. The monoisotopic (exact) mass is 395 g/mol. The van der Waals surface area contributed by atoms with Crippen LogP contribution >= 0.6 is 0 Å². The maximum Gasteiger partial charge on any atom is 0.237 e. The highest BCUT2D eigenvalue weighted by Gasteiger charge is 2.29. The molecule has 2 heterocycles. The molecule has 8 heteroatoms. The smallest absolute Gasteiger partial charge is 0.237 e. The molecule has 0 bridgehead atoms. The van der Waals surface area contributed by atoms with Crippen LogP contribution in [0, 0.1) is 0 Å². The molecule has 3 rings (SSSR count). The third kappa shape index (κ3) is 6.00. The zero-order valence-corrected chi connectivity index (χ0v) is 16.7. The van der Waals surface area contributed by atoms with E-state index >= 15 is 0 Å². The summed E-state index contributed by atoms with van der Waals surface area (Å²) in [6, 6.07) is 10.3. The highest BCUT2D eigenvalue weighted by molar-refractivity contribution is 7.88. The minimum absolute atomic E-state index is 0.0998. The summed E-state index contributed by atoms with van der Waals surface area (Å²) < 4.78 is 31.0. The van der Waals surface area contributed by atoms with Crippen LogP contribution in [-0.2, 0) is 26.1 Å². The molecule has 1 aromatic rings. The van der Waals surface area contributed by atoms with Crippen molar-refractivity contribution in [3.05, 3.63) is 35.9 Å². The highest BCUT2D eigenvalue weighted by Crippen LogP contribution is 2.15. The van der Waals surface area contributed by atoms with Crippen LogP contribution in [0.25, 0.3) is 0 Å². The molecule has 1 unspecified atom stereocenters. The number of rotatable bonds is 7. The number of hydrogen-bond acceptors (Lipinski definition) is 5. The molecule has 0 saturated carbocycles. The Morgan fingerprint density at radius 3 is 2.48 bits per heavy atom. The molecule has 0 aliphatic carbocycles. The number of ether oxygens (including phenoxy) is 1. The SMILES string of the molecule is CS(=O)(=O)N(CC(=O)N1CCN(Cc2ccccc2)CC1)CC1CCCO1. The van der Waals surface area contributed by atoms with Crippen LogP contribution in [0.15, 0.2) is 30.3 Å². The van der Waals surface area contributed by atoms with Gasteiger partial charge < -0.3 is 9.64 Å². The molecule has 27 heavy (non-hydrogen) atoms. The van der Waals surface area contributed by atoms with Crippen LogP contribution < -0.4 is 0 Å². The number of amides is 1. The fourth-order valence-electron chi connectivity index (χ4n) is 3.58. The molecule has 0 aromatic heterocycles. The van der Waals surface area contributed by atoms with Crippen molar-refractivity contribution in [2.24, 2.45) is 0 Å². The summed E-state index contributed by atoms with van der Waals surface area (Å²) in [5.41, 5.74) is 1.26. The van der Waals surface area contributed by atoms with Crippen molar-refractivity contribution in [1.29, 1.82) is 0 Å². The van der Waals surface area contributed by atoms with Crippen molar-refractivity contribution >= 4 is 15.9 Å². The first-order valence-electron chi connectivity index (χ1n) is 9.52. The molecule has 7 nitrogen and oxygen atoms in total. The Hall–Kier alpha value is -1.48. The van der Waals surface area contributed by atoms with E-state index in [1.807, 2.05) is 18.2 Å². The zero-order valence-electron chi connectivity index (χ0n) is 15.9. The molecule has 0 radical (unpaired) electrons. The lowest BCUT2D eigenvalue weighted by Crippen LogP contribution is -2.52. The molecule has 1 aromatic carbocycles. The van der Waals surface area contributed by atoms with Crippen molar-refractivity contribution in [3.8, 4) is 0 Å². The number of carbonyl (C=O) groups excluding carboxylic acids is 1. The van der Waals surface area contributed by atoms with Crippen LogP contribution in [-0.4, -0.2) is 86.7 Å². The van der Waals surface area contributed by atoms with Gasteiger partial charge in [-0.05, 0) is 18.4 Å². The van der Waals surface area contributed by atoms with Gasteiger partial charge in [0.25, 0.3) is 0 Å². The molecule has 1 atom stereocenters. The average molecular weight is 396 g/mol. The normalized spacial score (nSPS) is 21.7. The maximum atomic E-state index is 12.7. The number of benzene rings is 1. The van der Waals surface area contributed by atoms with E-state index in [1.165, 1.54) is 9.87 Å². The maximum absolute atomic E-state index is 12.7. The quantitative estimate of drug-likeness (QED) is 0.682. The summed E-state index contributed by atoms with van der Waals surface area (Å²) >= 11 is 0. The third-order valence-electron chi connectivity index (χ3n) is 5.19. The first-order chi connectivity index (χ1) is 12.9.